The largest absolute Gasteiger partial charge is 0.383 e. The molecule has 0 bridgehead atoms. The van der Waals surface area contributed by atoms with Crippen molar-refractivity contribution in [3.05, 3.63) is 17.6 Å². The number of hydrogen-bond donors (Lipinski definition) is 2. The first kappa shape index (κ1) is 14.7. The Morgan fingerprint density at radius 3 is 3.00 bits per heavy atom. The molecule has 1 saturated heterocycles. The quantitative estimate of drug-likeness (QED) is 0.850. The van der Waals surface area contributed by atoms with E-state index in [1.54, 1.807) is 13.1 Å². The van der Waals surface area contributed by atoms with E-state index >= 15 is 0 Å². The second-order valence-corrected chi connectivity index (χ2v) is 5.60. The van der Waals surface area contributed by atoms with Crippen molar-refractivity contribution in [2.24, 2.45) is 5.92 Å². The van der Waals surface area contributed by atoms with Gasteiger partial charge in [0.15, 0.2) is 0 Å². The van der Waals surface area contributed by atoms with E-state index in [2.05, 4.69) is 34.2 Å². The number of carbonyl (C=O) groups is 1. The first-order chi connectivity index (χ1) is 9.47. The molecule has 110 valence electrons. The van der Waals surface area contributed by atoms with Gasteiger partial charge in [0.25, 0.3) is 0 Å². The molecule has 3 N–H and O–H groups in total. The number of piperidine rings is 1. The van der Waals surface area contributed by atoms with Crippen LogP contribution in [0.3, 0.4) is 0 Å². The van der Waals surface area contributed by atoms with Crippen molar-refractivity contribution >= 4 is 11.7 Å². The van der Waals surface area contributed by atoms with Gasteiger partial charge in [-0.25, -0.2) is 9.97 Å². The molecule has 6 nitrogen and oxygen atoms in total. The molecule has 2 atom stereocenters. The van der Waals surface area contributed by atoms with Gasteiger partial charge in [0, 0.05) is 30.3 Å². The van der Waals surface area contributed by atoms with Gasteiger partial charge in [-0.05, 0) is 40.3 Å². The second kappa shape index (κ2) is 6.17. The number of aryl methyl sites for hydroxylation is 1. The number of rotatable bonds is 3. The molecule has 2 rings (SSSR count). The number of aromatic nitrogens is 2. The number of amides is 1. The summed E-state index contributed by atoms with van der Waals surface area (Å²) in [7, 11) is 2.10. The molecule has 1 aromatic rings. The van der Waals surface area contributed by atoms with Crippen molar-refractivity contribution < 1.29 is 4.79 Å². The van der Waals surface area contributed by atoms with Crippen molar-refractivity contribution in [1.29, 1.82) is 0 Å². The number of nitrogens with two attached hydrogens (primary N) is 1. The lowest BCUT2D eigenvalue weighted by Crippen LogP contribution is -2.43. The van der Waals surface area contributed by atoms with Crippen molar-refractivity contribution in [3.63, 3.8) is 0 Å². The zero-order valence-electron chi connectivity index (χ0n) is 12.4. The highest BCUT2D eigenvalue weighted by atomic mass is 16.1. The fraction of sp³-hybridized carbons (Fsp3) is 0.643. The number of nitrogens with zero attached hydrogens (tertiary/aromatic N) is 3. The summed E-state index contributed by atoms with van der Waals surface area (Å²) in [5.41, 5.74) is 6.59. The van der Waals surface area contributed by atoms with Crippen LogP contribution in [0.1, 0.15) is 31.2 Å². The summed E-state index contributed by atoms with van der Waals surface area (Å²) in [4.78, 5) is 22.7. The fourth-order valence-corrected chi connectivity index (χ4v) is 2.50. The molecule has 0 aliphatic carbocycles. The highest BCUT2D eigenvalue weighted by molar-refractivity contribution is 5.78. The zero-order chi connectivity index (χ0) is 14.7. The minimum absolute atomic E-state index is 0.0915. The Morgan fingerprint density at radius 1 is 1.60 bits per heavy atom. The third-order valence-corrected chi connectivity index (χ3v) is 4.05. The SMILES string of the molecule is Cc1ncc(CNC(=O)[C@H]2CCN(C)[C@@H](C)C2)c(N)n1. The van der Waals surface area contributed by atoms with E-state index < -0.39 is 0 Å². The van der Waals surface area contributed by atoms with Crippen LogP contribution in [0.15, 0.2) is 6.20 Å². The van der Waals surface area contributed by atoms with Crippen LogP contribution < -0.4 is 11.1 Å². The molecule has 0 aromatic carbocycles. The number of hydrogen-bond acceptors (Lipinski definition) is 5. The number of anilines is 1. The van der Waals surface area contributed by atoms with E-state index in [4.69, 9.17) is 5.73 Å². The lowest BCUT2D eigenvalue weighted by atomic mass is 9.91. The summed E-state index contributed by atoms with van der Waals surface area (Å²) in [6.07, 6.45) is 3.49. The molecule has 0 saturated carbocycles. The van der Waals surface area contributed by atoms with Crippen LogP contribution in [-0.4, -0.2) is 40.4 Å². The third kappa shape index (κ3) is 3.45. The molecule has 1 aliphatic heterocycles. The van der Waals surface area contributed by atoms with Gasteiger partial charge in [-0.2, -0.15) is 0 Å². The van der Waals surface area contributed by atoms with Crippen molar-refractivity contribution in [1.82, 2.24) is 20.2 Å². The molecule has 1 aliphatic rings. The van der Waals surface area contributed by atoms with E-state index in [0.717, 1.165) is 24.9 Å². The maximum Gasteiger partial charge on any atom is 0.223 e. The Balaban J connectivity index is 1.89. The van der Waals surface area contributed by atoms with Crippen LogP contribution in [0.2, 0.25) is 0 Å². The maximum atomic E-state index is 12.2. The average molecular weight is 277 g/mol. The van der Waals surface area contributed by atoms with Crippen LogP contribution in [0.5, 0.6) is 0 Å². The van der Waals surface area contributed by atoms with E-state index in [1.165, 1.54) is 0 Å². The van der Waals surface area contributed by atoms with E-state index in [9.17, 15) is 4.79 Å². The Labute approximate surface area is 119 Å². The number of nitrogen functional groups attached to an aromatic ring is 1. The molecular formula is C14H23N5O. The van der Waals surface area contributed by atoms with Gasteiger partial charge < -0.3 is 16.0 Å². The molecule has 0 unspecified atom stereocenters. The number of likely N-dealkylation sites (tertiary alicyclic amines) is 1. The van der Waals surface area contributed by atoms with Gasteiger partial charge in [-0.15, -0.1) is 0 Å². The lowest BCUT2D eigenvalue weighted by Gasteiger charge is -2.34. The van der Waals surface area contributed by atoms with Crippen molar-refractivity contribution in [2.45, 2.75) is 39.3 Å². The van der Waals surface area contributed by atoms with E-state index in [0.29, 0.717) is 24.2 Å². The Kier molecular flexibility index (Phi) is 4.54. The highest BCUT2D eigenvalue weighted by Crippen LogP contribution is 2.21. The average Bonchev–Trinajstić information content (AvgIpc) is 2.40. The summed E-state index contributed by atoms with van der Waals surface area (Å²) in [5, 5.41) is 2.95. The molecule has 20 heavy (non-hydrogen) atoms. The predicted octanol–water partition coefficient (Wildman–Crippen LogP) is 0.714. The van der Waals surface area contributed by atoms with Gasteiger partial charge in [-0.3, -0.25) is 4.79 Å². The lowest BCUT2D eigenvalue weighted by molar-refractivity contribution is -0.127. The summed E-state index contributed by atoms with van der Waals surface area (Å²) in [6.45, 7) is 5.31. The maximum absolute atomic E-state index is 12.2. The Morgan fingerprint density at radius 2 is 2.35 bits per heavy atom. The van der Waals surface area contributed by atoms with Crippen molar-refractivity contribution in [3.8, 4) is 0 Å². The standard InChI is InChI=1S/C14H23N5O/c1-9-6-11(4-5-19(9)3)14(20)17-8-12-7-16-10(2)18-13(12)15/h7,9,11H,4-6,8H2,1-3H3,(H,17,20)(H2,15,16,18)/t9-,11-/m0/s1. The van der Waals surface area contributed by atoms with Crippen LogP contribution >= 0.6 is 0 Å². The molecule has 6 heteroatoms. The van der Waals surface area contributed by atoms with Crippen LogP contribution in [0, 0.1) is 12.8 Å². The topological polar surface area (TPSA) is 84.1 Å². The molecule has 1 fully saturated rings. The minimum atomic E-state index is 0.0915. The van der Waals surface area contributed by atoms with Crippen LogP contribution in [-0.2, 0) is 11.3 Å². The fourth-order valence-electron chi connectivity index (χ4n) is 2.50. The monoisotopic (exact) mass is 277 g/mol. The Hall–Kier alpha value is -1.69. The summed E-state index contributed by atoms with van der Waals surface area (Å²) in [6, 6.07) is 0.451. The van der Waals surface area contributed by atoms with Gasteiger partial charge in [0.05, 0.1) is 0 Å². The summed E-state index contributed by atoms with van der Waals surface area (Å²) >= 11 is 0. The Bertz CT molecular complexity index is 490. The van der Waals surface area contributed by atoms with E-state index in [-0.39, 0.29) is 11.8 Å². The van der Waals surface area contributed by atoms with Gasteiger partial charge in [0.2, 0.25) is 5.91 Å². The van der Waals surface area contributed by atoms with Gasteiger partial charge >= 0.3 is 0 Å². The highest BCUT2D eigenvalue weighted by Gasteiger charge is 2.27. The first-order valence-corrected chi connectivity index (χ1v) is 7.03. The molecule has 2 heterocycles. The third-order valence-electron chi connectivity index (χ3n) is 4.05. The normalized spacial score (nSPS) is 23.6. The minimum Gasteiger partial charge on any atom is -0.383 e. The summed E-state index contributed by atoms with van der Waals surface area (Å²) < 4.78 is 0. The predicted molar refractivity (Wildman–Crippen MR) is 77.8 cm³/mol. The summed E-state index contributed by atoms with van der Waals surface area (Å²) in [5.74, 6) is 1.27. The first-order valence-electron chi connectivity index (χ1n) is 7.03. The zero-order valence-corrected chi connectivity index (χ0v) is 12.4. The van der Waals surface area contributed by atoms with Crippen molar-refractivity contribution in [2.75, 3.05) is 19.3 Å². The molecule has 0 spiro atoms. The molecule has 0 radical (unpaired) electrons. The van der Waals surface area contributed by atoms with E-state index in [1.807, 2.05) is 0 Å². The van der Waals surface area contributed by atoms with Crippen LogP contribution in [0.25, 0.3) is 0 Å². The molecular weight excluding hydrogens is 254 g/mol. The van der Waals surface area contributed by atoms with Gasteiger partial charge in [0.1, 0.15) is 11.6 Å². The molecule has 1 amide bonds. The second-order valence-electron chi connectivity index (χ2n) is 5.60. The smallest absolute Gasteiger partial charge is 0.223 e. The van der Waals surface area contributed by atoms with Crippen LogP contribution in [0.4, 0.5) is 5.82 Å². The molecule has 1 aromatic heterocycles. The number of nitrogens with one attached hydrogen (secondary N) is 1. The van der Waals surface area contributed by atoms with Gasteiger partial charge in [-0.1, -0.05) is 0 Å². The number of carbonyl (C=O) groups excluding carboxylic acids is 1.